The van der Waals surface area contributed by atoms with Crippen LogP contribution in [0, 0.1) is 0 Å². The highest BCUT2D eigenvalue weighted by atomic mass is 16.2. The fourth-order valence-electron chi connectivity index (χ4n) is 4.19. The summed E-state index contributed by atoms with van der Waals surface area (Å²) in [6, 6.07) is 15.2. The Morgan fingerprint density at radius 1 is 1.09 bits per heavy atom. The normalized spacial score (nSPS) is 13.8. The number of rotatable bonds is 5. The number of para-hydroxylation sites is 1. The average molecular weight is 441 g/mol. The predicted molar refractivity (Wildman–Crippen MR) is 124 cm³/mol. The second kappa shape index (κ2) is 8.78. The summed E-state index contributed by atoms with van der Waals surface area (Å²) in [7, 11) is 0. The molecular weight excluding hydrogens is 418 g/mol. The summed E-state index contributed by atoms with van der Waals surface area (Å²) in [4.78, 5) is 31.5. The number of hydrogen-bond acceptors (Lipinski definition) is 6. The summed E-state index contributed by atoms with van der Waals surface area (Å²) in [6.07, 6.45) is 5.29. The van der Waals surface area contributed by atoms with Crippen LogP contribution in [0.4, 0.5) is 0 Å². The van der Waals surface area contributed by atoms with Gasteiger partial charge in [-0.3, -0.25) is 9.59 Å². The van der Waals surface area contributed by atoms with Gasteiger partial charge in [0, 0.05) is 31.6 Å². The first-order valence-electron chi connectivity index (χ1n) is 10.9. The van der Waals surface area contributed by atoms with Gasteiger partial charge < -0.3 is 9.47 Å². The zero-order valence-corrected chi connectivity index (χ0v) is 18.3. The monoisotopic (exact) mass is 441 g/mol. The van der Waals surface area contributed by atoms with E-state index in [-0.39, 0.29) is 11.5 Å². The van der Waals surface area contributed by atoms with Crippen LogP contribution in [0.5, 0.6) is 0 Å². The SMILES string of the molecule is CCc1nc(=O)c2ccccc2n1C1=CCN(C(=O)Cc2ccc(-n3cnnn3)cc2)CC1. The lowest BCUT2D eigenvalue weighted by molar-refractivity contribution is -0.130. The largest absolute Gasteiger partial charge is 0.338 e. The molecule has 0 aliphatic carbocycles. The molecule has 2 aromatic carbocycles. The van der Waals surface area contributed by atoms with Crippen molar-refractivity contribution in [3.05, 3.63) is 82.7 Å². The van der Waals surface area contributed by atoms with Crippen LogP contribution in [0.2, 0.25) is 0 Å². The van der Waals surface area contributed by atoms with Crippen LogP contribution in [-0.4, -0.2) is 53.7 Å². The van der Waals surface area contributed by atoms with Gasteiger partial charge in [0.15, 0.2) is 0 Å². The lowest BCUT2D eigenvalue weighted by atomic mass is 10.1. The molecule has 2 aromatic heterocycles. The average Bonchev–Trinajstić information content (AvgIpc) is 3.40. The number of benzene rings is 2. The van der Waals surface area contributed by atoms with Crippen molar-refractivity contribution < 1.29 is 4.79 Å². The standard InChI is InChI=1S/C24H23N7O2/c1-2-22-26-24(33)20-5-3-4-6-21(20)31(22)19-11-13-29(14-12-19)23(32)15-17-7-9-18(10-8-17)30-16-25-27-28-30/h3-11,16H,2,12-15H2,1H3. The van der Waals surface area contributed by atoms with Crippen LogP contribution >= 0.6 is 0 Å². The molecule has 3 heterocycles. The van der Waals surface area contributed by atoms with Gasteiger partial charge in [-0.2, -0.15) is 4.98 Å². The molecule has 0 unspecified atom stereocenters. The number of nitrogens with zero attached hydrogens (tertiary/aromatic N) is 7. The number of fused-ring (bicyclic) bond motifs is 1. The lowest BCUT2D eigenvalue weighted by Crippen LogP contribution is -2.36. The maximum atomic E-state index is 12.9. The molecule has 1 aliphatic rings. The minimum Gasteiger partial charge on any atom is -0.338 e. The topological polar surface area (TPSA) is 98.8 Å². The Kier molecular flexibility index (Phi) is 5.52. The van der Waals surface area contributed by atoms with Crippen LogP contribution in [-0.2, 0) is 17.6 Å². The van der Waals surface area contributed by atoms with Gasteiger partial charge in [0.05, 0.1) is 23.0 Å². The van der Waals surface area contributed by atoms with Gasteiger partial charge in [-0.05, 0) is 46.3 Å². The number of amides is 1. The Morgan fingerprint density at radius 2 is 1.91 bits per heavy atom. The highest BCUT2D eigenvalue weighted by molar-refractivity contribution is 5.83. The van der Waals surface area contributed by atoms with Crippen molar-refractivity contribution >= 4 is 22.5 Å². The van der Waals surface area contributed by atoms with Crippen molar-refractivity contribution in [1.82, 2.24) is 34.7 Å². The van der Waals surface area contributed by atoms with Crippen LogP contribution in [0.1, 0.15) is 24.7 Å². The van der Waals surface area contributed by atoms with Crippen molar-refractivity contribution in [3.63, 3.8) is 0 Å². The second-order valence-corrected chi connectivity index (χ2v) is 7.92. The molecule has 9 heteroatoms. The van der Waals surface area contributed by atoms with E-state index in [4.69, 9.17) is 0 Å². The Hall–Kier alpha value is -4.14. The summed E-state index contributed by atoms with van der Waals surface area (Å²) < 4.78 is 3.65. The first-order chi connectivity index (χ1) is 16.1. The number of hydrogen-bond donors (Lipinski definition) is 0. The zero-order valence-electron chi connectivity index (χ0n) is 18.3. The molecule has 0 radical (unpaired) electrons. The first kappa shape index (κ1) is 20.7. The fourth-order valence-corrected chi connectivity index (χ4v) is 4.19. The van der Waals surface area contributed by atoms with Crippen molar-refractivity contribution in [2.24, 2.45) is 0 Å². The minimum atomic E-state index is -0.196. The Bertz CT molecular complexity index is 1390. The zero-order chi connectivity index (χ0) is 22.8. The van der Waals surface area contributed by atoms with E-state index in [1.54, 1.807) is 4.68 Å². The quantitative estimate of drug-likeness (QED) is 0.471. The summed E-state index contributed by atoms with van der Waals surface area (Å²) in [5.41, 5.74) is 3.53. The van der Waals surface area contributed by atoms with E-state index in [1.807, 2.05) is 60.4 Å². The minimum absolute atomic E-state index is 0.0825. The van der Waals surface area contributed by atoms with Gasteiger partial charge in [0.2, 0.25) is 5.91 Å². The number of carbonyl (C=O) groups is 1. The molecule has 0 bridgehead atoms. The van der Waals surface area contributed by atoms with Gasteiger partial charge in [-0.1, -0.05) is 31.2 Å². The molecule has 0 atom stereocenters. The van der Waals surface area contributed by atoms with Gasteiger partial charge >= 0.3 is 0 Å². The summed E-state index contributed by atoms with van der Waals surface area (Å²) in [5.74, 6) is 0.825. The molecule has 4 aromatic rings. The van der Waals surface area contributed by atoms with Gasteiger partial charge in [-0.25, -0.2) is 4.68 Å². The third-order valence-corrected chi connectivity index (χ3v) is 5.91. The molecule has 5 rings (SSSR count). The summed E-state index contributed by atoms with van der Waals surface area (Å²) >= 11 is 0. The van der Waals surface area contributed by atoms with Crippen molar-refractivity contribution in [3.8, 4) is 5.69 Å². The summed E-state index contributed by atoms with van der Waals surface area (Å²) in [5, 5.41) is 11.7. The third kappa shape index (κ3) is 4.05. The molecule has 0 saturated heterocycles. The Morgan fingerprint density at radius 3 is 2.61 bits per heavy atom. The van der Waals surface area contributed by atoms with E-state index in [9.17, 15) is 9.59 Å². The molecule has 0 spiro atoms. The van der Waals surface area contributed by atoms with Crippen molar-refractivity contribution in [2.45, 2.75) is 26.2 Å². The van der Waals surface area contributed by atoms with E-state index in [2.05, 4.69) is 31.2 Å². The Balaban J connectivity index is 1.33. The molecular formula is C24H23N7O2. The molecule has 0 N–H and O–H groups in total. The van der Waals surface area contributed by atoms with Crippen LogP contribution < -0.4 is 5.56 Å². The molecule has 0 fully saturated rings. The van der Waals surface area contributed by atoms with Crippen LogP contribution in [0.15, 0.2) is 65.7 Å². The third-order valence-electron chi connectivity index (χ3n) is 5.91. The predicted octanol–water partition coefficient (Wildman–Crippen LogP) is 2.25. The highest BCUT2D eigenvalue weighted by Gasteiger charge is 2.20. The molecule has 9 nitrogen and oxygen atoms in total. The van der Waals surface area contributed by atoms with Crippen molar-refractivity contribution in [2.75, 3.05) is 13.1 Å². The van der Waals surface area contributed by atoms with E-state index < -0.39 is 0 Å². The van der Waals surface area contributed by atoms with Crippen LogP contribution in [0.25, 0.3) is 22.3 Å². The summed E-state index contributed by atoms with van der Waals surface area (Å²) in [6.45, 7) is 3.15. The van der Waals surface area contributed by atoms with Crippen molar-refractivity contribution in [1.29, 1.82) is 0 Å². The van der Waals surface area contributed by atoms with E-state index in [0.29, 0.717) is 37.7 Å². The lowest BCUT2D eigenvalue weighted by Gasteiger charge is -2.29. The molecule has 166 valence electrons. The van der Waals surface area contributed by atoms with Gasteiger partial charge in [-0.15, -0.1) is 5.10 Å². The molecule has 1 aliphatic heterocycles. The fraction of sp³-hybridized carbons (Fsp3) is 0.250. The number of aryl methyl sites for hydroxylation is 1. The molecule has 1 amide bonds. The van der Waals surface area contributed by atoms with Crippen LogP contribution in [0.3, 0.4) is 0 Å². The number of aromatic nitrogens is 6. The van der Waals surface area contributed by atoms with Gasteiger partial charge in [0.1, 0.15) is 12.2 Å². The molecule has 33 heavy (non-hydrogen) atoms. The maximum Gasteiger partial charge on any atom is 0.280 e. The molecule has 0 saturated carbocycles. The Labute approximate surface area is 190 Å². The van der Waals surface area contributed by atoms with E-state index in [1.165, 1.54) is 6.33 Å². The van der Waals surface area contributed by atoms with E-state index in [0.717, 1.165) is 28.3 Å². The first-order valence-corrected chi connectivity index (χ1v) is 10.9. The van der Waals surface area contributed by atoms with E-state index >= 15 is 0 Å². The van der Waals surface area contributed by atoms with Gasteiger partial charge in [0.25, 0.3) is 5.56 Å². The maximum absolute atomic E-state index is 12.9. The smallest absolute Gasteiger partial charge is 0.280 e. The second-order valence-electron chi connectivity index (χ2n) is 7.92. The highest BCUT2D eigenvalue weighted by Crippen LogP contribution is 2.23. The number of carbonyl (C=O) groups excluding carboxylic acids is 1. The number of tetrazole rings is 1.